The molecule has 0 aliphatic carbocycles. The number of urea groups is 1. The van der Waals surface area contributed by atoms with E-state index in [4.69, 9.17) is 5.73 Å². The Hall–Kier alpha value is -2.28. The number of primary amides is 1. The zero-order valence-electron chi connectivity index (χ0n) is 15.2. The van der Waals surface area contributed by atoms with Crippen LogP contribution in [0, 0.1) is 0 Å². The van der Waals surface area contributed by atoms with E-state index < -0.39 is 0 Å². The minimum atomic E-state index is -0.297. The maximum atomic E-state index is 12.0. The number of para-hydroxylation sites is 1. The average molecular weight is 359 g/mol. The minimum absolute atomic E-state index is 0.0971. The summed E-state index contributed by atoms with van der Waals surface area (Å²) in [6, 6.07) is 8.61. The minimum Gasteiger partial charge on any atom is -0.371 e. The smallest absolute Gasteiger partial charge is 0.315 e. The number of carbonyl (C=O) groups excluding carboxylic acids is 2. The molecule has 0 aromatic heterocycles. The number of nitrogens with two attached hydrogens (primary N) is 1. The van der Waals surface area contributed by atoms with Crippen molar-refractivity contribution in [3.63, 3.8) is 0 Å². The van der Waals surface area contributed by atoms with Crippen molar-refractivity contribution in [3.05, 3.63) is 29.8 Å². The van der Waals surface area contributed by atoms with Crippen molar-refractivity contribution < 1.29 is 9.59 Å². The number of carbonyl (C=O) groups is 2. The van der Waals surface area contributed by atoms with Crippen LogP contribution >= 0.6 is 0 Å². The first-order valence-electron chi connectivity index (χ1n) is 9.49. The molecule has 1 aromatic carbocycles. The van der Waals surface area contributed by atoms with E-state index in [0.29, 0.717) is 13.1 Å². The number of anilines is 1. The number of hydrogen-bond donors (Lipinski definition) is 3. The van der Waals surface area contributed by atoms with Crippen LogP contribution in [0.15, 0.2) is 24.3 Å². The Labute approximate surface area is 154 Å². The number of fused-ring (bicyclic) bond motifs is 1. The molecule has 0 unspecified atom stereocenters. The number of likely N-dealkylation sites (tertiary alicyclic amines) is 1. The summed E-state index contributed by atoms with van der Waals surface area (Å²) in [5.41, 5.74) is 7.97. The lowest BCUT2D eigenvalue weighted by Crippen LogP contribution is -2.49. The molecule has 1 saturated heterocycles. The summed E-state index contributed by atoms with van der Waals surface area (Å²) in [6.07, 6.45) is 3.74. The summed E-state index contributed by atoms with van der Waals surface area (Å²) in [5.74, 6) is -0.297. The molecule has 4 N–H and O–H groups in total. The number of hydrogen-bond acceptors (Lipinski definition) is 4. The Morgan fingerprint density at radius 3 is 2.69 bits per heavy atom. The van der Waals surface area contributed by atoms with Gasteiger partial charge in [0.25, 0.3) is 0 Å². The predicted molar refractivity (Wildman–Crippen MR) is 102 cm³/mol. The molecule has 1 fully saturated rings. The fourth-order valence-electron chi connectivity index (χ4n) is 3.80. The number of nitrogens with one attached hydrogen (secondary N) is 2. The molecule has 1 aromatic rings. The van der Waals surface area contributed by atoms with Crippen LogP contribution in [-0.4, -0.2) is 62.1 Å². The van der Waals surface area contributed by atoms with Crippen molar-refractivity contribution in [2.45, 2.75) is 31.7 Å². The fraction of sp³-hybridized carbons (Fsp3) is 0.579. The molecule has 2 heterocycles. The number of nitrogens with zero attached hydrogens (tertiary/aromatic N) is 2. The summed E-state index contributed by atoms with van der Waals surface area (Å²) >= 11 is 0. The highest BCUT2D eigenvalue weighted by molar-refractivity contribution is 5.76. The van der Waals surface area contributed by atoms with Gasteiger partial charge < -0.3 is 21.3 Å². The highest BCUT2D eigenvalue weighted by atomic mass is 16.2. The van der Waals surface area contributed by atoms with E-state index in [9.17, 15) is 9.59 Å². The molecule has 0 radical (unpaired) electrons. The van der Waals surface area contributed by atoms with Crippen LogP contribution in [0.3, 0.4) is 0 Å². The van der Waals surface area contributed by atoms with Gasteiger partial charge in [0, 0.05) is 44.5 Å². The third kappa shape index (κ3) is 5.11. The maximum Gasteiger partial charge on any atom is 0.315 e. The number of amides is 3. The molecule has 0 spiro atoms. The second-order valence-electron chi connectivity index (χ2n) is 7.14. The second-order valence-corrected chi connectivity index (χ2v) is 7.14. The third-order valence-corrected chi connectivity index (χ3v) is 5.18. The zero-order chi connectivity index (χ0) is 18.4. The van der Waals surface area contributed by atoms with Gasteiger partial charge >= 0.3 is 6.03 Å². The van der Waals surface area contributed by atoms with Gasteiger partial charge in [0.1, 0.15) is 0 Å². The van der Waals surface area contributed by atoms with Crippen LogP contribution in [-0.2, 0) is 11.2 Å². The zero-order valence-corrected chi connectivity index (χ0v) is 15.2. The van der Waals surface area contributed by atoms with Crippen LogP contribution in [0.2, 0.25) is 0 Å². The summed E-state index contributed by atoms with van der Waals surface area (Å²) in [6.45, 7) is 4.59. The highest BCUT2D eigenvalue weighted by Crippen LogP contribution is 2.27. The largest absolute Gasteiger partial charge is 0.371 e. The predicted octanol–water partition coefficient (Wildman–Crippen LogP) is 0.688. The second kappa shape index (κ2) is 8.89. The summed E-state index contributed by atoms with van der Waals surface area (Å²) < 4.78 is 0. The van der Waals surface area contributed by atoms with E-state index in [1.54, 1.807) is 0 Å². The third-order valence-electron chi connectivity index (χ3n) is 5.18. The van der Waals surface area contributed by atoms with Gasteiger partial charge in [0.15, 0.2) is 0 Å². The quantitative estimate of drug-likeness (QED) is 0.625. The molecule has 7 heteroatoms. The summed E-state index contributed by atoms with van der Waals surface area (Å²) in [5, 5.41) is 5.99. The first kappa shape index (κ1) is 18.5. The number of rotatable bonds is 7. The lowest BCUT2D eigenvalue weighted by Gasteiger charge is -2.31. The van der Waals surface area contributed by atoms with Gasteiger partial charge in [-0.25, -0.2) is 4.79 Å². The van der Waals surface area contributed by atoms with Crippen molar-refractivity contribution in [3.8, 4) is 0 Å². The van der Waals surface area contributed by atoms with Crippen LogP contribution in [0.5, 0.6) is 0 Å². The Kier molecular flexibility index (Phi) is 6.33. The van der Waals surface area contributed by atoms with Gasteiger partial charge in [0.05, 0.1) is 6.54 Å². The van der Waals surface area contributed by atoms with Crippen molar-refractivity contribution in [1.29, 1.82) is 0 Å². The lowest BCUT2D eigenvalue weighted by atomic mass is 10.1. The van der Waals surface area contributed by atoms with Crippen molar-refractivity contribution >= 4 is 17.6 Å². The fourth-order valence-corrected chi connectivity index (χ4v) is 3.80. The van der Waals surface area contributed by atoms with Crippen molar-refractivity contribution in [1.82, 2.24) is 15.5 Å². The van der Waals surface area contributed by atoms with Gasteiger partial charge in [-0.3, -0.25) is 9.69 Å². The Bertz CT molecular complexity index is 628. The monoisotopic (exact) mass is 359 g/mol. The van der Waals surface area contributed by atoms with Gasteiger partial charge in [-0.2, -0.15) is 0 Å². The normalized spacial score (nSPS) is 17.8. The van der Waals surface area contributed by atoms with E-state index in [-0.39, 0.29) is 18.0 Å². The Morgan fingerprint density at radius 1 is 1.15 bits per heavy atom. The first-order chi connectivity index (χ1) is 12.6. The van der Waals surface area contributed by atoms with E-state index in [0.717, 1.165) is 51.9 Å². The van der Waals surface area contributed by atoms with E-state index in [1.165, 1.54) is 11.3 Å². The van der Waals surface area contributed by atoms with E-state index in [1.807, 2.05) is 4.90 Å². The molecule has 0 bridgehead atoms. The standard InChI is InChI=1S/C19H29N5O2/c20-18(25)14-23-11-7-16(8-12-23)22-19(26)21-9-3-10-24-13-6-15-4-1-2-5-17(15)24/h1-2,4-5,16H,3,6-14H2,(H2,20,25)(H2,21,22,26). The number of piperidine rings is 1. The molecule has 142 valence electrons. The molecule has 3 rings (SSSR count). The molecule has 3 amide bonds. The van der Waals surface area contributed by atoms with E-state index >= 15 is 0 Å². The molecular formula is C19H29N5O2. The molecule has 2 aliphatic heterocycles. The topological polar surface area (TPSA) is 90.7 Å². The summed E-state index contributed by atoms with van der Waals surface area (Å²) in [4.78, 5) is 27.4. The Morgan fingerprint density at radius 2 is 1.92 bits per heavy atom. The SMILES string of the molecule is NC(=O)CN1CCC(NC(=O)NCCCN2CCc3ccccc32)CC1. The highest BCUT2D eigenvalue weighted by Gasteiger charge is 2.21. The first-order valence-corrected chi connectivity index (χ1v) is 9.49. The molecule has 7 nitrogen and oxygen atoms in total. The van der Waals surface area contributed by atoms with Gasteiger partial charge in [-0.05, 0) is 37.3 Å². The average Bonchev–Trinajstić information content (AvgIpc) is 3.03. The van der Waals surface area contributed by atoms with Gasteiger partial charge in [-0.1, -0.05) is 18.2 Å². The van der Waals surface area contributed by atoms with Crippen LogP contribution < -0.4 is 21.3 Å². The molecular weight excluding hydrogens is 330 g/mol. The lowest BCUT2D eigenvalue weighted by molar-refractivity contribution is -0.119. The summed E-state index contributed by atoms with van der Waals surface area (Å²) in [7, 11) is 0. The van der Waals surface area contributed by atoms with E-state index in [2.05, 4.69) is 39.8 Å². The number of benzene rings is 1. The van der Waals surface area contributed by atoms with Crippen LogP contribution in [0.25, 0.3) is 0 Å². The molecule has 2 aliphatic rings. The van der Waals surface area contributed by atoms with Crippen LogP contribution in [0.4, 0.5) is 10.5 Å². The van der Waals surface area contributed by atoms with Crippen molar-refractivity contribution in [2.75, 3.05) is 44.2 Å². The molecule has 0 atom stereocenters. The van der Waals surface area contributed by atoms with Crippen molar-refractivity contribution in [2.24, 2.45) is 5.73 Å². The maximum absolute atomic E-state index is 12.0. The van der Waals surface area contributed by atoms with Gasteiger partial charge in [0.2, 0.25) is 5.91 Å². The Balaban J connectivity index is 1.29. The van der Waals surface area contributed by atoms with Gasteiger partial charge in [-0.15, -0.1) is 0 Å². The molecule has 0 saturated carbocycles. The molecule has 26 heavy (non-hydrogen) atoms. The van der Waals surface area contributed by atoms with Crippen LogP contribution in [0.1, 0.15) is 24.8 Å².